The molecule has 5 nitrogen and oxygen atoms in total. The molecule has 1 aliphatic heterocycles. The molecule has 7 heteroatoms. The summed E-state index contributed by atoms with van der Waals surface area (Å²) < 4.78 is 26.5. The van der Waals surface area contributed by atoms with Crippen LogP contribution in [0.4, 0.5) is 19.3 Å². The Morgan fingerprint density at radius 2 is 1.85 bits per heavy atom. The average Bonchev–Trinajstić information content (AvgIpc) is 2.97. The number of halogens is 2. The summed E-state index contributed by atoms with van der Waals surface area (Å²) >= 11 is 0. The number of likely N-dealkylation sites (tertiary alicyclic amines) is 1. The Morgan fingerprint density at radius 1 is 1.12 bits per heavy atom. The molecule has 26 heavy (non-hydrogen) atoms. The van der Waals surface area contributed by atoms with Crippen LogP contribution in [0.1, 0.15) is 12.0 Å². The van der Waals surface area contributed by atoms with Crippen molar-refractivity contribution in [2.75, 3.05) is 18.4 Å². The minimum atomic E-state index is -0.514. The summed E-state index contributed by atoms with van der Waals surface area (Å²) in [6.07, 6.45) is 0.334. The van der Waals surface area contributed by atoms with Crippen LogP contribution in [0.5, 0.6) is 0 Å². The van der Waals surface area contributed by atoms with Crippen molar-refractivity contribution in [3.05, 3.63) is 65.7 Å². The van der Waals surface area contributed by atoms with Crippen LogP contribution in [0.15, 0.2) is 48.5 Å². The number of benzene rings is 2. The topological polar surface area (TPSA) is 61.4 Å². The summed E-state index contributed by atoms with van der Waals surface area (Å²) in [6.45, 7) is 1.24. The van der Waals surface area contributed by atoms with Crippen molar-refractivity contribution in [1.29, 1.82) is 0 Å². The standard InChI is InChI=1S/C19H19F2N3O2/c20-15-7-5-13(6-8-15)11-24-12-14(9-18(24)25)10-22-19(26)23-17-4-2-1-3-16(17)21/h1-8,14H,9-12H2,(H2,22,23,26)/t14-/m0/s1. The second-order valence-electron chi connectivity index (χ2n) is 6.29. The van der Waals surface area contributed by atoms with Crippen molar-refractivity contribution < 1.29 is 18.4 Å². The predicted molar refractivity (Wildman–Crippen MR) is 93.3 cm³/mol. The number of para-hydroxylation sites is 1. The molecule has 2 aromatic carbocycles. The minimum Gasteiger partial charge on any atom is -0.338 e. The molecule has 0 saturated carbocycles. The van der Waals surface area contributed by atoms with Gasteiger partial charge >= 0.3 is 6.03 Å². The van der Waals surface area contributed by atoms with Crippen LogP contribution in [0.2, 0.25) is 0 Å². The third-order valence-electron chi connectivity index (χ3n) is 4.25. The normalized spacial score (nSPS) is 16.6. The van der Waals surface area contributed by atoms with Gasteiger partial charge in [0.1, 0.15) is 11.6 Å². The molecule has 3 amide bonds. The number of nitrogens with zero attached hydrogens (tertiary/aromatic N) is 1. The minimum absolute atomic E-state index is 0.00404. The van der Waals surface area contributed by atoms with Gasteiger partial charge in [-0.3, -0.25) is 4.79 Å². The first kappa shape index (κ1) is 17.8. The largest absolute Gasteiger partial charge is 0.338 e. The quantitative estimate of drug-likeness (QED) is 0.862. The summed E-state index contributed by atoms with van der Waals surface area (Å²) in [7, 11) is 0. The Hall–Kier alpha value is -2.96. The van der Waals surface area contributed by atoms with Crippen LogP contribution in [0, 0.1) is 17.6 Å². The Kier molecular flexibility index (Phi) is 5.46. The van der Waals surface area contributed by atoms with E-state index in [4.69, 9.17) is 0 Å². The lowest BCUT2D eigenvalue weighted by atomic mass is 10.1. The first-order valence-electron chi connectivity index (χ1n) is 8.33. The highest BCUT2D eigenvalue weighted by molar-refractivity contribution is 5.89. The molecule has 0 spiro atoms. The fourth-order valence-corrected chi connectivity index (χ4v) is 2.92. The predicted octanol–water partition coefficient (Wildman–Crippen LogP) is 3.14. The van der Waals surface area contributed by atoms with E-state index in [0.29, 0.717) is 26.1 Å². The van der Waals surface area contributed by atoms with Crippen molar-refractivity contribution in [3.63, 3.8) is 0 Å². The van der Waals surface area contributed by atoms with Gasteiger partial charge in [0.05, 0.1) is 5.69 Å². The molecule has 3 rings (SSSR count). The van der Waals surface area contributed by atoms with E-state index in [0.717, 1.165) is 5.56 Å². The van der Waals surface area contributed by atoms with Crippen molar-refractivity contribution in [1.82, 2.24) is 10.2 Å². The van der Waals surface area contributed by atoms with E-state index < -0.39 is 11.8 Å². The van der Waals surface area contributed by atoms with Crippen LogP contribution in [0.25, 0.3) is 0 Å². The van der Waals surface area contributed by atoms with E-state index in [2.05, 4.69) is 10.6 Å². The highest BCUT2D eigenvalue weighted by atomic mass is 19.1. The summed E-state index contributed by atoms with van der Waals surface area (Å²) in [5, 5.41) is 5.11. The average molecular weight is 359 g/mol. The third kappa shape index (κ3) is 4.56. The van der Waals surface area contributed by atoms with E-state index in [-0.39, 0.29) is 23.3 Å². The van der Waals surface area contributed by atoms with Crippen molar-refractivity contribution >= 4 is 17.6 Å². The zero-order valence-corrected chi connectivity index (χ0v) is 14.0. The molecule has 1 saturated heterocycles. The van der Waals surface area contributed by atoms with Crippen molar-refractivity contribution in [2.45, 2.75) is 13.0 Å². The van der Waals surface area contributed by atoms with Gasteiger partial charge in [-0.15, -0.1) is 0 Å². The Labute approximate surface area is 150 Å². The van der Waals surface area contributed by atoms with Crippen molar-refractivity contribution in [2.24, 2.45) is 5.92 Å². The fourth-order valence-electron chi connectivity index (χ4n) is 2.92. The van der Waals surface area contributed by atoms with Gasteiger partial charge in [-0.1, -0.05) is 24.3 Å². The molecule has 1 fully saturated rings. The zero-order valence-electron chi connectivity index (χ0n) is 14.0. The van der Waals surface area contributed by atoms with Crippen LogP contribution in [0.3, 0.4) is 0 Å². The van der Waals surface area contributed by atoms with Gasteiger partial charge in [0.25, 0.3) is 0 Å². The molecule has 1 atom stereocenters. The highest BCUT2D eigenvalue weighted by Crippen LogP contribution is 2.20. The summed E-state index contributed by atoms with van der Waals surface area (Å²) in [6, 6.07) is 11.4. The molecule has 0 aromatic heterocycles. The number of amides is 3. The molecular weight excluding hydrogens is 340 g/mol. The molecular formula is C19H19F2N3O2. The lowest BCUT2D eigenvalue weighted by Gasteiger charge is -2.17. The number of hydrogen-bond acceptors (Lipinski definition) is 2. The maximum absolute atomic E-state index is 13.5. The molecule has 0 radical (unpaired) electrons. The van der Waals surface area contributed by atoms with Gasteiger partial charge in [-0.05, 0) is 29.8 Å². The number of urea groups is 1. The molecule has 136 valence electrons. The number of rotatable bonds is 5. The van der Waals surface area contributed by atoms with Gasteiger partial charge < -0.3 is 15.5 Å². The maximum atomic E-state index is 13.5. The Bertz CT molecular complexity index is 796. The van der Waals surface area contributed by atoms with Crippen LogP contribution in [-0.2, 0) is 11.3 Å². The highest BCUT2D eigenvalue weighted by Gasteiger charge is 2.29. The van der Waals surface area contributed by atoms with Crippen LogP contribution >= 0.6 is 0 Å². The van der Waals surface area contributed by atoms with Gasteiger partial charge in [-0.25, -0.2) is 13.6 Å². The monoisotopic (exact) mass is 359 g/mol. The summed E-state index contributed by atoms with van der Waals surface area (Å²) in [5.74, 6) is -0.849. The number of nitrogens with one attached hydrogen (secondary N) is 2. The van der Waals surface area contributed by atoms with Crippen LogP contribution in [-0.4, -0.2) is 29.9 Å². The smallest absolute Gasteiger partial charge is 0.319 e. The Balaban J connectivity index is 1.47. The molecule has 0 unspecified atom stereocenters. The maximum Gasteiger partial charge on any atom is 0.319 e. The number of hydrogen-bond donors (Lipinski definition) is 2. The number of carbonyl (C=O) groups is 2. The lowest BCUT2D eigenvalue weighted by molar-refractivity contribution is -0.128. The molecule has 2 aromatic rings. The van der Waals surface area contributed by atoms with Gasteiger partial charge in [0.2, 0.25) is 5.91 Å². The first-order chi connectivity index (χ1) is 12.5. The fraction of sp³-hybridized carbons (Fsp3) is 0.263. The molecule has 0 aliphatic carbocycles. The van der Waals surface area contributed by atoms with Crippen molar-refractivity contribution in [3.8, 4) is 0 Å². The summed E-state index contributed by atoms with van der Waals surface area (Å²) in [5.41, 5.74) is 0.955. The number of anilines is 1. The van der Waals surface area contributed by atoms with Gasteiger partial charge in [-0.2, -0.15) is 0 Å². The lowest BCUT2D eigenvalue weighted by Crippen LogP contribution is -2.34. The molecule has 0 bridgehead atoms. The zero-order chi connectivity index (χ0) is 18.5. The van der Waals surface area contributed by atoms with E-state index in [1.54, 1.807) is 23.1 Å². The molecule has 1 aliphatic rings. The van der Waals surface area contributed by atoms with E-state index in [1.165, 1.54) is 30.3 Å². The molecule has 1 heterocycles. The van der Waals surface area contributed by atoms with E-state index in [9.17, 15) is 18.4 Å². The number of carbonyl (C=O) groups excluding carboxylic acids is 2. The van der Waals surface area contributed by atoms with E-state index >= 15 is 0 Å². The van der Waals surface area contributed by atoms with Gasteiger partial charge in [0.15, 0.2) is 0 Å². The SMILES string of the molecule is O=C(NC[C@@H]1CC(=O)N(Cc2ccc(F)cc2)C1)Nc1ccccc1F. The summed E-state index contributed by atoms with van der Waals surface area (Å²) in [4.78, 5) is 25.7. The van der Waals surface area contributed by atoms with Crippen LogP contribution < -0.4 is 10.6 Å². The second kappa shape index (κ2) is 7.95. The third-order valence-corrected chi connectivity index (χ3v) is 4.25. The second-order valence-corrected chi connectivity index (χ2v) is 6.29. The van der Waals surface area contributed by atoms with E-state index in [1.807, 2.05) is 0 Å². The van der Waals surface area contributed by atoms with Gasteiger partial charge in [0, 0.05) is 32.0 Å². The first-order valence-corrected chi connectivity index (χ1v) is 8.33. The molecule has 2 N–H and O–H groups in total. The Morgan fingerprint density at radius 3 is 2.58 bits per heavy atom.